The Morgan fingerprint density at radius 1 is 1.28 bits per heavy atom. The van der Waals surface area contributed by atoms with Gasteiger partial charge < -0.3 is 4.42 Å². The summed E-state index contributed by atoms with van der Waals surface area (Å²) in [6, 6.07) is 6.62. The molecule has 2 heterocycles. The highest BCUT2D eigenvalue weighted by atomic mass is 35.5. The Labute approximate surface area is 190 Å². The van der Waals surface area contributed by atoms with Crippen LogP contribution in [0.2, 0.25) is 5.02 Å². The first-order valence-electron chi connectivity index (χ1n) is 10.1. The highest BCUT2D eigenvalue weighted by Crippen LogP contribution is 2.45. The van der Waals surface area contributed by atoms with Crippen LogP contribution >= 0.6 is 11.6 Å². The van der Waals surface area contributed by atoms with E-state index in [1.807, 2.05) is 13.8 Å². The van der Waals surface area contributed by atoms with Crippen molar-refractivity contribution in [3.8, 4) is 0 Å². The maximum atomic E-state index is 15.0. The number of benzene rings is 2. The first-order chi connectivity index (χ1) is 15.0. The van der Waals surface area contributed by atoms with E-state index in [0.717, 1.165) is 5.56 Å². The number of sulfonamides is 1. The van der Waals surface area contributed by atoms with Gasteiger partial charge in [-0.25, -0.2) is 22.7 Å². The van der Waals surface area contributed by atoms with Crippen LogP contribution in [0.1, 0.15) is 59.9 Å². The van der Waals surface area contributed by atoms with Gasteiger partial charge in [-0.2, -0.15) is 4.31 Å². The zero-order valence-corrected chi connectivity index (χ0v) is 19.6. The number of fused-ring (bicyclic) bond motifs is 1. The number of halogens is 2. The molecule has 7 nitrogen and oxygen atoms in total. The molecule has 3 aromatic rings. The van der Waals surface area contributed by atoms with Crippen molar-refractivity contribution in [2.24, 2.45) is 0 Å². The number of aryl methyl sites for hydroxylation is 1. The molecule has 1 aliphatic rings. The highest BCUT2D eigenvalue weighted by Gasteiger charge is 2.45. The third kappa shape index (κ3) is 3.68. The molecule has 170 valence electrons. The van der Waals surface area contributed by atoms with Crippen molar-refractivity contribution >= 4 is 21.6 Å². The first-order valence-corrected chi connectivity index (χ1v) is 12.0. The van der Waals surface area contributed by atoms with Crippen LogP contribution in [-0.2, 0) is 10.0 Å². The van der Waals surface area contributed by atoms with Gasteiger partial charge in [0.2, 0.25) is 15.9 Å². The lowest BCUT2D eigenvalue weighted by atomic mass is 9.87. The average Bonchev–Trinajstić information content (AvgIpc) is 3.15. The van der Waals surface area contributed by atoms with Crippen LogP contribution in [0.3, 0.4) is 0 Å². The fraction of sp³-hybridized carbons (Fsp3) is 0.364. The van der Waals surface area contributed by atoms with Crippen LogP contribution < -0.4 is 5.76 Å². The second-order valence-corrected chi connectivity index (χ2v) is 10.5. The summed E-state index contributed by atoms with van der Waals surface area (Å²) in [6.45, 7) is 7.33. The zero-order chi connectivity index (χ0) is 23.4. The number of nitrogens with zero attached hydrogens (tertiary/aromatic N) is 2. The van der Waals surface area contributed by atoms with Crippen LogP contribution in [0.15, 0.2) is 44.4 Å². The molecule has 2 aromatic carbocycles. The average molecular weight is 480 g/mol. The Morgan fingerprint density at radius 2 is 2.00 bits per heavy atom. The van der Waals surface area contributed by atoms with Gasteiger partial charge in [0.15, 0.2) is 0 Å². The van der Waals surface area contributed by atoms with Gasteiger partial charge in [0.25, 0.3) is 0 Å². The first kappa shape index (κ1) is 22.7. The van der Waals surface area contributed by atoms with Crippen LogP contribution in [0, 0.1) is 19.7 Å². The molecule has 2 unspecified atom stereocenters. The molecule has 4 rings (SSSR count). The number of hydrogen-bond donors (Lipinski definition) is 1. The molecule has 0 spiro atoms. The molecule has 0 saturated heterocycles. The van der Waals surface area contributed by atoms with Crippen molar-refractivity contribution in [1.82, 2.24) is 14.5 Å². The van der Waals surface area contributed by atoms with Gasteiger partial charge in [0.1, 0.15) is 11.9 Å². The Hall–Kier alpha value is -2.49. The Morgan fingerprint density at radius 3 is 2.66 bits per heavy atom. The van der Waals surface area contributed by atoms with E-state index in [1.165, 1.54) is 22.5 Å². The van der Waals surface area contributed by atoms with Crippen molar-refractivity contribution in [3.05, 3.63) is 79.9 Å². The molecule has 0 aliphatic carbocycles. The minimum Gasteiger partial charge on any atom is -0.391 e. The molecular weight excluding hydrogens is 457 g/mol. The third-order valence-electron chi connectivity index (χ3n) is 6.22. The molecule has 1 aliphatic heterocycles. The number of hydrogen-bond acceptors (Lipinski definition) is 5. The summed E-state index contributed by atoms with van der Waals surface area (Å²) in [5.74, 6) is -2.28. The summed E-state index contributed by atoms with van der Waals surface area (Å²) in [6.07, 6.45) is 0. The molecule has 1 aromatic heterocycles. The number of H-pyrrole nitrogens is 1. The number of aromatic amines is 1. The molecule has 10 heteroatoms. The van der Waals surface area contributed by atoms with E-state index >= 15 is 0 Å². The fourth-order valence-electron chi connectivity index (χ4n) is 4.47. The van der Waals surface area contributed by atoms with Crippen LogP contribution in [0.4, 0.5) is 4.39 Å². The van der Waals surface area contributed by atoms with Gasteiger partial charge >= 0.3 is 5.76 Å². The zero-order valence-electron chi connectivity index (χ0n) is 18.0. The van der Waals surface area contributed by atoms with Crippen LogP contribution in [0.5, 0.6) is 0 Å². The minimum atomic E-state index is -4.02. The summed E-state index contributed by atoms with van der Waals surface area (Å²) in [4.78, 5) is 11.9. The van der Waals surface area contributed by atoms with E-state index in [1.54, 1.807) is 26.0 Å². The maximum absolute atomic E-state index is 15.0. The van der Waals surface area contributed by atoms with Gasteiger partial charge in [-0.1, -0.05) is 31.5 Å². The fourth-order valence-corrected chi connectivity index (χ4v) is 6.69. The van der Waals surface area contributed by atoms with Gasteiger partial charge in [0.05, 0.1) is 4.90 Å². The smallest absolute Gasteiger partial charge is 0.391 e. The van der Waals surface area contributed by atoms with Crippen molar-refractivity contribution < 1.29 is 17.2 Å². The molecule has 0 radical (unpaired) electrons. The predicted molar refractivity (Wildman–Crippen MR) is 118 cm³/mol. The van der Waals surface area contributed by atoms with Crippen LogP contribution in [0.25, 0.3) is 0 Å². The molecule has 0 saturated carbocycles. The van der Waals surface area contributed by atoms with Crippen molar-refractivity contribution in [3.63, 3.8) is 0 Å². The SMILES string of the molecule is Cc1ccc(F)c(C(C)[C@@H](c2n[nH]c(=O)o2)N2CC(C)c3cc(Cl)ccc3S2(=O)=O)c1C. The van der Waals surface area contributed by atoms with E-state index in [0.29, 0.717) is 21.7 Å². The topological polar surface area (TPSA) is 96.3 Å². The van der Waals surface area contributed by atoms with Crippen LogP contribution in [-0.4, -0.2) is 29.5 Å². The Bertz CT molecular complexity index is 1350. The lowest BCUT2D eigenvalue weighted by Gasteiger charge is -2.38. The Balaban J connectivity index is 1.92. The number of aromatic nitrogens is 2. The second-order valence-electron chi connectivity index (χ2n) is 8.25. The number of rotatable bonds is 4. The molecule has 1 N–H and O–H groups in total. The van der Waals surface area contributed by atoms with E-state index in [-0.39, 0.29) is 23.2 Å². The highest BCUT2D eigenvalue weighted by molar-refractivity contribution is 7.89. The molecular formula is C22H23ClFN3O4S. The summed E-state index contributed by atoms with van der Waals surface area (Å²) >= 11 is 6.10. The quantitative estimate of drug-likeness (QED) is 0.597. The van der Waals surface area contributed by atoms with Gasteiger partial charge in [-0.05, 0) is 66.3 Å². The minimum absolute atomic E-state index is 0.0910. The summed E-state index contributed by atoms with van der Waals surface area (Å²) in [7, 11) is -4.02. The Kier molecular flexibility index (Phi) is 5.77. The standard InChI is InChI=1S/C22H23ClFN3O4S/c1-11-5-7-17(24)19(13(11)3)14(4)20(21-25-26-22(28)31-21)27-10-12(2)16-9-15(23)6-8-18(16)32(27,29)30/h5-9,12,14,20H,10H2,1-4H3,(H,26,28)/t12?,14?,20-/m0/s1. The molecule has 0 amide bonds. The largest absolute Gasteiger partial charge is 0.434 e. The van der Waals surface area contributed by atoms with Crippen molar-refractivity contribution in [2.75, 3.05) is 6.54 Å². The van der Waals surface area contributed by atoms with Gasteiger partial charge in [0, 0.05) is 17.5 Å². The monoisotopic (exact) mass is 479 g/mol. The lowest BCUT2D eigenvalue weighted by Crippen LogP contribution is -2.43. The predicted octanol–water partition coefficient (Wildman–Crippen LogP) is 4.43. The summed E-state index contributed by atoms with van der Waals surface area (Å²) < 4.78 is 48.8. The van der Waals surface area contributed by atoms with Gasteiger partial charge in [-0.15, -0.1) is 5.10 Å². The summed E-state index contributed by atoms with van der Waals surface area (Å²) in [5, 5.41) is 6.57. The van der Waals surface area contributed by atoms with E-state index in [4.69, 9.17) is 16.0 Å². The maximum Gasteiger partial charge on any atom is 0.434 e. The van der Waals surface area contributed by atoms with Crippen molar-refractivity contribution in [1.29, 1.82) is 0 Å². The molecule has 3 atom stereocenters. The second kappa shape index (κ2) is 8.13. The van der Waals surface area contributed by atoms with Gasteiger partial charge in [-0.3, -0.25) is 0 Å². The normalized spacial score (nSPS) is 20.0. The number of nitrogens with one attached hydrogen (secondary N) is 1. The van der Waals surface area contributed by atoms with E-state index < -0.39 is 33.6 Å². The summed E-state index contributed by atoms with van der Waals surface area (Å²) in [5.41, 5.74) is 2.53. The van der Waals surface area contributed by atoms with E-state index in [9.17, 15) is 17.6 Å². The molecule has 0 fully saturated rings. The molecule has 32 heavy (non-hydrogen) atoms. The third-order valence-corrected chi connectivity index (χ3v) is 8.38. The van der Waals surface area contributed by atoms with Crippen molar-refractivity contribution in [2.45, 2.75) is 50.5 Å². The van der Waals surface area contributed by atoms with E-state index in [2.05, 4.69) is 10.2 Å². The lowest BCUT2D eigenvalue weighted by molar-refractivity contribution is 0.226. The molecule has 0 bridgehead atoms.